The van der Waals surface area contributed by atoms with E-state index in [2.05, 4.69) is 59.1 Å². The molecule has 0 fully saturated rings. The third-order valence-electron chi connectivity index (χ3n) is 4.86. The van der Waals surface area contributed by atoms with Crippen LogP contribution in [-0.4, -0.2) is 0 Å². The molecule has 4 rings (SSSR count). The lowest BCUT2D eigenvalue weighted by Crippen LogP contribution is -2.29. The SMILES string of the molecule is Cc1cc(I)cc2c1N[C@H](c1ccc(F)cc1)[C@@H]1CC=C[C@H]21. The van der Waals surface area contributed by atoms with Gasteiger partial charge in [-0.3, -0.25) is 0 Å². The standard InChI is InChI=1S/C19H17FIN/c1-11-9-14(21)10-17-15-3-2-4-16(15)19(22-18(11)17)12-5-7-13(20)8-6-12/h2-3,5-10,15-16,19,22H,4H2,1H3/t15-,16+,19+/m0/s1. The van der Waals surface area contributed by atoms with E-state index in [9.17, 15) is 4.39 Å². The van der Waals surface area contributed by atoms with Gasteiger partial charge in [0.1, 0.15) is 5.82 Å². The molecule has 1 nitrogen and oxygen atoms in total. The Labute approximate surface area is 143 Å². The normalized spacial score (nSPS) is 25.5. The lowest BCUT2D eigenvalue weighted by molar-refractivity contribution is 0.424. The predicted molar refractivity (Wildman–Crippen MR) is 96.6 cm³/mol. The number of benzene rings is 2. The maximum atomic E-state index is 13.2. The quantitative estimate of drug-likeness (QED) is 0.484. The first-order valence-electron chi connectivity index (χ1n) is 7.62. The molecule has 3 atom stereocenters. The average molecular weight is 405 g/mol. The van der Waals surface area contributed by atoms with Gasteiger partial charge in [-0.1, -0.05) is 24.3 Å². The Morgan fingerprint density at radius 2 is 1.95 bits per heavy atom. The van der Waals surface area contributed by atoms with Gasteiger partial charge in [0.15, 0.2) is 0 Å². The minimum Gasteiger partial charge on any atom is -0.377 e. The fourth-order valence-electron chi connectivity index (χ4n) is 3.84. The molecule has 1 heterocycles. The molecule has 2 aromatic carbocycles. The average Bonchev–Trinajstić information content (AvgIpc) is 2.97. The number of halogens is 2. The van der Waals surface area contributed by atoms with Crippen LogP contribution in [0.2, 0.25) is 0 Å². The van der Waals surface area contributed by atoms with Gasteiger partial charge >= 0.3 is 0 Å². The summed E-state index contributed by atoms with van der Waals surface area (Å²) >= 11 is 2.39. The van der Waals surface area contributed by atoms with E-state index in [1.54, 1.807) is 12.1 Å². The zero-order valence-corrected chi connectivity index (χ0v) is 14.5. The van der Waals surface area contributed by atoms with E-state index in [-0.39, 0.29) is 11.9 Å². The molecule has 0 radical (unpaired) electrons. The van der Waals surface area contributed by atoms with Crippen LogP contribution in [0.4, 0.5) is 10.1 Å². The van der Waals surface area contributed by atoms with Crippen LogP contribution in [0.1, 0.15) is 35.1 Å². The monoisotopic (exact) mass is 405 g/mol. The van der Waals surface area contributed by atoms with Crippen molar-refractivity contribution >= 4 is 28.3 Å². The van der Waals surface area contributed by atoms with Crippen molar-refractivity contribution in [1.29, 1.82) is 0 Å². The Hall–Kier alpha value is -1.36. The summed E-state index contributed by atoms with van der Waals surface area (Å²) in [6, 6.07) is 11.7. The summed E-state index contributed by atoms with van der Waals surface area (Å²) in [4.78, 5) is 0. The van der Waals surface area contributed by atoms with Crippen LogP contribution >= 0.6 is 22.6 Å². The highest BCUT2D eigenvalue weighted by molar-refractivity contribution is 14.1. The zero-order valence-electron chi connectivity index (χ0n) is 12.3. The van der Waals surface area contributed by atoms with Crippen molar-refractivity contribution in [2.45, 2.75) is 25.3 Å². The predicted octanol–water partition coefficient (Wildman–Crippen LogP) is 5.57. The Bertz CT molecular complexity index is 751. The zero-order chi connectivity index (χ0) is 15.3. The van der Waals surface area contributed by atoms with E-state index >= 15 is 0 Å². The summed E-state index contributed by atoms with van der Waals surface area (Å²) in [6.45, 7) is 2.16. The van der Waals surface area contributed by atoms with Gasteiger partial charge < -0.3 is 5.32 Å². The molecule has 0 saturated carbocycles. The van der Waals surface area contributed by atoms with E-state index in [0.29, 0.717) is 11.8 Å². The molecule has 112 valence electrons. The Balaban J connectivity index is 1.82. The maximum absolute atomic E-state index is 13.2. The third kappa shape index (κ3) is 2.26. The molecule has 3 heteroatoms. The molecule has 0 spiro atoms. The van der Waals surface area contributed by atoms with Crippen LogP contribution in [0.15, 0.2) is 48.6 Å². The van der Waals surface area contributed by atoms with E-state index in [4.69, 9.17) is 0 Å². The molecule has 0 amide bonds. The number of anilines is 1. The van der Waals surface area contributed by atoms with E-state index in [1.165, 1.54) is 25.9 Å². The summed E-state index contributed by atoms with van der Waals surface area (Å²) < 4.78 is 14.5. The lowest BCUT2D eigenvalue weighted by Gasteiger charge is -2.38. The second kappa shape index (κ2) is 5.37. The highest BCUT2D eigenvalue weighted by Crippen LogP contribution is 2.50. The van der Waals surface area contributed by atoms with Gasteiger partial charge in [-0.15, -0.1) is 0 Å². The first-order valence-corrected chi connectivity index (χ1v) is 8.70. The minimum atomic E-state index is -0.174. The Morgan fingerprint density at radius 1 is 1.18 bits per heavy atom. The molecule has 0 unspecified atom stereocenters. The van der Waals surface area contributed by atoms with Crippen LogP contribution in [-0.2, 0) is 0 Å². The number of rotatable bonds is 1. The van der Waals surface area contributed by atoms with Gasteiger partial charge in [0.2, 0.25) is 0 Å². The second-order valence-corrected chi connectivity index (χ2v) is 7.46. The number of hydrogen-bond donors (Lipinski definition) is 1. The van der Waals surface area contributed by atoms with E-state index in [0.717, 1.165) is 6.42 Å². The minimum absolute atomic E-state index is 0.174. The summed E-state index contributed by atoms with van der Waals surface area (Å²) in [5.74, 6) is 0.794. The van der Waals surface area contributed by atoms with Gasteiger partial charge in [0, 0.05) is 15.2 Å². The highest BCUT2D eigenvalue weighted by Gasteiger charge is 2.38. The summed E-state index contributed by atoms with van der Waals surface area (Å²) in [7, 11) is 0. The molecule has 2 aliphatic rings. The molecule has 0 saturated heterocycles. The topological polar surface area (TPSA) is 12.0 Å². The number of nitrogens with one attached hydrogen (secondary N) is 1. The van der Waals surface area contributed by atoms with Crippen molar-refractivity contribution in [1.82, 2.24) is 0 Å². The van der Waals surface area contributed by atoms with Crippen molar-refractivity contribution in [3.8, 4) is 0 Å². The molecular weight excluding hydrogens is 388 g/mol. The fraction of sp³-hybridized carbons (Fsp3) is 0.263. The number of allylic oxidation sites excluding steroid dienone is 2. The highest BCUT2D eigenvalue weighted by atomic mass is 127. The van der Waals surface area contributed by atoms with Gasteiger partial charge in [0.05, 0.1) is 6.04 Å². The Morgan fingerprint density at radius 3 is 2.73 bits per heavy atom. The molecule has 1 N–H and O–H groups in total. The van der Waals surface area contributed by atoms with Gasteiger partial charge in [-0.2, -0.15) is 0 Å². The van der Waals surface area contributed by atoms with Crippen LogP contribution in [0.3, 0.4) is 0 Å². The summed E-state index contributed by atoms with van der Waals surface area (Å²) in [5.41, 5.74) is 5.11. The van der Waals surface area contributed by atoms with Crippen molar-refractivity contribution in [2.75, 3.05) is 5.32 Å². The Kier molecular flexibility index (Phi) is 3.48. The van der Waals surface area contributed by atoms with E-state index < -0.39 is 0 Å². The van der Waals surface area contributed by atoms with Crippen LogP contribution < -0.4 is 5.32 Å². The van der Waals surface area contributed by atoms with Gasteiger partial charge in [-0.05, 0) is 82.8 Å². The van der Waals surface area contributed by atoms with Crippen molar-refractivity contribution < 1.29 is 4.39 Å². The molecule has 1 aliphatic heterocycles. The molecule has 0 bridgehead atoms. The molecule has 22 heavy (non-hydrogen) atoms. The van der Waals surface area contributed by atoms with Crippen LogP contribution in [0, 0.1) is 22.2 Å². The molecule has 1 aliphatic carbocycles. The maximum Gasteiger partial charge on any atom is 0.123 e. The largest absolute Gasteiger partial charge is 0.377 e. The van der Waals surface area contributed by atoms with Crippen molar-refractivity contribution in [3.63, 3.8) is 0 Å². The van der Waals surface area contributed by atoms with Crippen LogP contribution in [0.5, 0.6) is 0 Å². The first-order chi connectivity index (χ1) is 10.6. The van der Waals surface area contributed by atoms with E-state index in [1.807, 2.05) is 12.1 Å². The summed E-state index contributed by atoms with van der Waals surface area (Å²) in [5, 5.41) is 3.73. The van der Waals surface area contributed by atoms with Crippen molar-refractivity contribution in [2.24, 2.45) is 5.92 Å². The number of fused-ring (bicyclic) bond motifs is 3. The lowest BCUT2D eigenvalue weighted by atomic mass is 9.76. The van der Waals surface area contributed by atoms with Crippen molar-refractivity contribution in [3.05, 3.63) is 74.6 Å². The van der Waals surface area contributed by atoms with Gasteiger partial charge in [0.25, 0.3) is 0 Å². The second-order valence-electron chi connectivity index (χ2n) is 6.21. The summed E-state index contributed by atoms with van der Waals surface area (Å²) in [6.07, 6.45) is 5.71. The fourth-order valence-corrected chi connectivity index (χ4v) is 4.64. The molecule has 0 aromatic heterocycles. The van der Waals surface area contributed by atoms with Gasteiger partial charge in [-0.25, -0.2) is 4.39 Å². The molecular formula is C19H17FIN. The third-order valence-corrected chi connectivity index (χ3v) is 5.48. The smallest absolute Gasteiger partial charge is 0.123 e. The first kappa shape index (κ1) is 14.2. The number of hydrogen-bond acceptors (Lipinski definition) is 1. The molecule has 2 aromatic rings. The van der Waals surface area contributed by atoms with Crippen LogP contribution in [0.25, 0.3) is 0 Å². The number of aryl methyl sites for hydroxylation is 1.